The summed E-state index contributed by atoms with van der Waals surface area (Å²) >= 11 is 0. The van der Waals surface area contributed by atoms with Crippen LogP contribution in [0, 0.1) is 0 Å². The summed E-state index contributed by atoms with van der Waals surface area (Å²) < 4.78 is 5.51. The first kappa shape index (κ1) is 25.7. The first-order valence-corrected chi connectivity index (χ1v) is 12.4. The number of likely N-dealkylation sites (tertiary alicyclic amines) is 1. The Morgan fingerprint density at radius 1 is 1.22 bits per heavy atom. The number of fused-ring (bicyclic) bond motifs is 1. The molecule has 0 saturated carbocycles. The van der Waals surface area contributed by atoms with E-state index in [0.29, 0.717) is 23.3 Å². The number of hydrogen-bond acceptors (Lipinski definition) is 9. The van der Waals surface area contributed by atoms with Gasteiger partial charge in [0.2, 0.25) is 0 Å². The van der Waals surface area contributed by atoms with Gasteiger partial charge in [-0.15, -0.1) is 5.10 Å². The van der Waals surface area contributed by atoms with Crippen molar-refractivity contribution in [3.8, 4) is 0 Å². The number of aromatic nitrogens is 4. The Kier molecular flexibility index (Phi) is 7.91. The van der Waals surface area contributed by atoms with Crippen molar-refractivity contribution < 1.29 is 4.74 Å². The van der Waals surface area contributed by atoms with Crippen LogP contribution in [-0.4, -0.2) is 70.2 Å². The molecule has 1 fully saturated rings. The molecule has 0 aliphatic carbocycles. The molecule has 3 aromatic heterocycles. The fourth-order valence-electron chi connectivity index (χ4n) is 4.25. The van der Waals surface area contributed by atoms with Crippen molar-refractivity contribution in [1.29, 1.82) is 0 Å². The van der Waals surface area contributed by atoms with Crippen molar-refractivity contribution >= 4 is 34.5 Å². The lowest BCUT2D eigenvalue weighted by atomic mass is 9.96. The lowest BCUT2D eigenvalue weighted by Gasteiger charge is -2.46. The van der Waals surface area contributed by atoms with Crippen LogP contribution in [0.1, 0.15) is 51.2 Å². The summed E-state index contributed by atoms with van der Waals surface area (Å²) in [6.45, 7) is 12.0. The number of anilines is 2. The highest BCUT2D eigenvalue weighted by Crippen LogP contribution is 2.24. The topological polar surface area (TPSA) is 114 Å². The third-order valence-corrected chi connectivity index (χ3v) is 6.46. The van der Waals surface area contributed by atoms with Gasteiger partial charge in [-0.3, -0.25) is 14.9 Å². The molecule has 0 spiro atoms. The highest BCUT2D eigenvalue weighted by molar-refractivity contribution is 6.11. The predicted molar refractivity (Wildman–Crippen MR) is 146 cm³/mol. The molecule has 3 aromatic rings. The SMILES string of the molecule is COC1(C)CN(CCCN=CC(=C(C)N)c2cnc3ccc(Nc4cc(C(C)C)cnn4)nc3c2)C1. The van der Waals surface area contributed by atoms with E-state index in [-0.39, 0.29) is 5.60 Å². The number of nitrogens with zero attached hydrogens (tertiary/aromatic N) is 6. The zero-order chi connectivity index (χ0) is 25.7. The third-order valence-electron chi connectivity index (χ3n) is 6.46. The standard InChI is InChI=1S/C27H36N8O/c1-18(2)20-12-26(34-31-14-20)33-25-8-7-23-24(32-25)11-21(13-30-23)22(19(3)28)15-29-9-6-10-35-16-27(4,17-35)36-5/h7-8,11-15,18H,6,9-10,16-17,28H2,1-5H3,(H,32,33,34). The summed E-state index contributed by atoms with van der Waals surface area (Å²) in [4.78, 5) is 16.4. The van der Waals surface area contributed by atoms with Crippen LogP contribution in [0.5, 0.6) is 0 Å². The molecule has 1 aliphatic heterocycles. The number of ether oxygens (including phenoxy) is 1. The smallest absolute Gasteiger partial charge is 0.154 e. The van der Waals surface area contributed by atoms with Gasteiger partial charge in [-0.25, -0.2) is 4.98 Å². The van der Waals surface area contributed by atoms with Gasteiger partial charge in [-0.1, -0.05) is 13.8 Å². The van der Waals surface area contributed by atoms with E-state index in [4.69, 9.17) is 15.5 Å². The zero-order valence-corrected chi connectivity index (χ0v) is 21.8. The zero-order valence-electron chi connectivity index (χ0n) is 21.8. The molecule has 36 heavy (non-hydrogen) atoms. The summed E-state index contributed by atoms with van der Waals surface area (Å²) in [6.07, 6.45) is 6.44. The lowest BCUT2D eigenvalue weighted by Crippen LogP contribution is -2.60. The van der Waals surface area contributed by atoms with E-state index in [2.05, 4.69) is 51.2 Å². The van der Waals surface area contributed by atoms with E-state index in [1.54, 1.807) is 13.3 Å². The maximum Gasteiger partial charge on any atom is 0.154 e. The Morgan fingerprint density at radius 3 is 2.75 bits per heavy atom. The van der Waals surface area contributed by atoms with Crippen LogP contribution in [-0.2, 0) is 4.74 Å². The Balaban J connectivity index is 1.43. The number of nitrogens with one attached hydrogen (secondary N) is 1. The number of hydrogen-bond donors (Lipinski definition) is 2. The van der Waals surface area contributed by atoms with E-state index in [1.807, 2.05) is 43.6 Å². The van der Waals surface area contributed by atoms with Gasteiger partial charge in [0.25, 0.3) is 0 Å². The van der Waals surface area contributed by atoms with E-state index in [9.17, 15) is 0 Å². The van der Waals surface area contributed by atoms with Crippen molar-refractivity contribution in [2.45, 2.75) is 45.6 Å². The average molecular weight is 489 g/mol. The lowest BCUT2D eigenvalue weighted by molar-refractivity contribution is -0.110. The van der Waals surface area contributed by atoms with Gasteiger partial charge < -0.3 is 15.8 Å². The molecule has 0 radical (unpaired) electrons. The number of aliphatic imine (C=N–C) groups is 1. The van der Waals surface area contributed by atoms with Crippen LogP contribution >= 0.6 is 0 Å². The molecule has 0 bridgehead atoms. The second-order valence-electron chi connectivity index (χ2n) is 9.96. The molecule has 4 heterocycles. The predicted octanol–water partition coefficient (Wildman–Crippen LogP) is 4.16. The van der Waals surface area contributed by atoms with Crippen LogP contribution in [0.2, 0.25) is 0 Å². The first-order chi connectivity index (χ1) is 17.3. The normalized spacial score (nSPS) is 16.4. The summed E-state index contributed by atoms with van der Waals surface area (Å²) in [5.41, 5.74) is 11.3. The maximum absolute atomic E-state index is 6.21. The average Bonchev–Trinajstić information content (AvgIpc) is 2.84. The minimum absolute atomic E-state index is 0.00780. The number of pyridine rings is 2. The van der Waals surface area contributed by atoms with Crippen molar-refractivity contribution in [1.82, 2.24) is 25.1 Å². The maximum atomic E-state index is 6.21. The van der Waals surface area contributed by atoms with Crippen LogP contribution in [0.3, 0.4) is 0 Å². The Morgan fingerprint density at radius 2 is 2.03 bits per heavy atom. The minimum Gasteiger partial charge on any atom is -0.402 e. The summed E-state index contributed by atoms with van der Waals surface area (Å²) in [7, 11) is 1.78. The summed E-state index contributed by atoms with van der Waals surface area (Å²) in [5, 5.41) is 11.5. The quantitative estimate of drug-likeness (QED) is 0.323. The number of methoxy groups -OCH3 is 1. The second kappa shape index (κ2) is 11.1. The van der Waals surface area contributed by atoms with Crippen LogP contribution in [0.4, 0.5) is 11.6 Å². The number of rotatable bonds is 10. The summed E-state index contributed by atoms with van der Waals surface area (Å²) in [6, 6.07) is 7.81. The molecule has 4 rings (SSSR count). The molecule has 9 nitrogen and oxygen atoms in total. The van der Waals surface area contributed by atoms with Gasteiger partial charge in [0, 0.05) is 62.5 Å². The monoisotopic (exact) mass is 488 g/mol. The van der Waals surface area contributed by atoms with E-state index < -0.39 is 0 Å². The van der Waals surface area contributed by atoms with Crippen LogP contribution < -0.4 is 11.1 Å². The first-order valence-electron chi connectivity index (χ1n) is 12.4. The van der Waals surface area contributed by atoms with Crippen molar-refractivity contribution in [2.75, 3.05) is 38.6 Å². The molecule has 0 unspecified atom stereocenters. The molecule has 1 aliphatic rings. The minimum atomic E-state index is 0.00780. The van der Waals surface area contributed by atoms with Crippen molar-refractivity contribution in [3.63, 3.8) is 0 Å². The molecule has 3 N–H and O–H groups in total. The number of allylic oxidation sites excluding steroid dienone is 2. The second-order valence-corrected chi connectivity index (χ2v) is 9.96. The molecule has 9 heteroatoms. The van der Waals surface area contributed by atoms with Gasteiger partial charge >= 0.3 is 0 Å². The van der Waals surface area contributed by atoms with Crippen molar-refractivity contribution in [2.24, 2.45) is 10.7 Å². The highest BCUT2D eigenvalue weighted by Gasteiger charge is 2.37. The number of nitrogens with two attached hydrogens (primary N) is 1. The molecule has 190 valence electrons. The Bertz CT molecular complexity index is 1260. The Hall–Kier alpha value is -3.43. The van der Waals surface area contributed by atoms with Gasteiger partial charge in [0.1, 0.15) is 5.82 Å². The molecule has 0 atom stereocenters. The van der Waals surface area contributed by atoms with Crippen LogP contribution in [0.15, 0.2) is 47.3 Å². The van der Waals surface area contributed by atoms with E-state index >= 15 is 0 Å². The van der Waals surface area contributed by atoms with E-state index in [1.165, 1.54) is 0 Å². The molecule has 0 aromatic carbocycles. The van der Waals surface area contributed by atoms with Gasteiger partial charge in [-0.05, 0) is 56.0 Å². The third kappa shape index (κ3) is 6.22. The van der Waals surface area contributed by atoms with Gasteiger partial charge in [0.05, 0.1) is 22.8 Å². The fourth-order valence-corrected chi connectivity index (χ4v) is 4.25. The molecule has 0 amide bonds. The largest absolute Gasteiger partial charge is 0.402 e. The molecular formula is C27H36N8O. The fraction of sp³-hybridized carbons (Fsp3) is 0.444. The van der Waals surface area contributed by atoms with E-state index in [0.717, 1.165) is 60.3 Å². The van der Waals surface area contributed by atoms with Gasteiger partial charge in [-0.2, -0.15) is 5.10 Å². The highest BCUT2D eigenvalue weighted by atomic mass is 16.5. The van der Waals surface area contributed by atoms with Crippen molar-refractivity contribution in [3.05, 3.63) is 53.5 Å². The van der Waals surface area contributed by atoms with Crippen LogP contribution in [0.25, 0.3) is 16.6 Å². The molecule has 1 saturated heterocycles. The Labute approximate surface area is 212 Å². The van der Waals surface area contributed by atoms with Gasteiger partial charge in [0.15, 0.2) is 5.82 Å². The molecular weight excluding hydrogens is 452 g/mol. The summed E-state index contributed by atoms with van der Waals surface area (Å²) in [5.74, 6) is 1.70.